The van der Waals surface area contributed by atoms with Crippen LogP contribution >= 0.6 is 0 Å². The van der Waals surface area contributed by atoms with Gasteiger partial charge in [-0.25, -0.2) is 0 Å². The molecular formula is C20H18O5. The third-order valence-corrected chi connectivity index (χ3v) is 4.26. The highest BCUT2D eigenvalue weighted by atomic mass is 16.5. The number of hydrogen-bond donors (Lipinski definition) is 0. The van der Waals surface area contributed by atoms with Crippen molar-refractivity contribution in [1.82, 2.24) is 0 Å². The molecule has 3 aromatic carbocycles. The number of carbonyl (C=O) groups excluding carboxylic acids is 2. The number of fused-ring (bicyclic) bond motifs is 2. The van der Waals surface area contributed by atoms with E-state index in [4.69, 9.17) is 14.2 Å². The summed E-state index contributed by atoms with van der Waals surface area (Å²) >= 11 is 0. The van der Waals surface area contributed by atoms with Gasteiger partial charge in [-0.15, -0.1) is 0 Å². The molecule has 5 nitrogen and oxygen atoms in total. The quantitative estimate of drug-likeness (QED) is 0.307. The van der Waals surface area contributed by atoms with Gasteiger partial charge < -0.3 is 14.2 Å². The highest BCUT2D eigenvalue weighted by Crippen LogP contribution is 2.40. The van der Waals surface area contributed by atoms with Crippen molar-refractivity contribution in [3.63, 3.8) is 0 Å². The molecule has 5 heteroatoms. The second-order valence-corrected chi connectivity index (χ2v) is 5.72. The van der Waals surface area contributed by atoms with Crippen molar-refractivity contribution >= 4 is 33.6 Å². The Kier molecular flexibility index (Phi) is 4.31. The van der Waals surface area contributed by atoms with Crippen molar-refractivity contribution in [2.75, 3.05) is 21.3 Å². The number of rotatable bonds is 5. The summed E-state index contributed by atoms with van der Waals surface area (Å²) in [6.45, 7) is 1.91. The number of Topliss-reactive ketones (excluding diaryl/α,β-unsaturated/α-hetero) is 1. The number of benzene rings is 3. The van der Waals surface area contributed by atoms with Gasteiger partial charge in [0.1, 0.15) is 17.2 Å². The van der Waals surface area contributed by atoms with Crippen molar-refractivity contribution < 1.29 is 23.8 Å². The molecule has 0 aliphatic carbocycles. The molecule has 0 unspecified atom stereocenters. The first-order valence-corrected chi connectivity index (χ1v) is 7.70. The summed E-state index contributed by atoms with van der Waals surface area (Å²) in [6.07, 6.45) is 0.328. The minimum Gasteiger partial charge on any atom is -0.497 e. The van der Waals surface area contributed by atoms with Crippen LogP contribution in [0.5, 0.6) is 17.2 Å². The van der Waals surface area contributed by atoms with E-state index in [1.54, 1.807) is 26.4 Å². The highest BCUT2D eigenvalue weighted by Gasteiger charge is 2.20. The summed E-state index contributed by atoms with van der Waals surface area (Å²) in [5.41, 5.74) is 1.25. The molecule has 0 heterocycles. The SMILES string of the molecule is COc1cc(OC)c2cc3c(OC)cc(C)cc3c(C(=O)C=O)c2c1. The van der Waals surface area contributed by atoms with E-state index >= 15 is 0 Å². The van der Waals surface area contributed by atoms with Crippen LogP contribution in [0.2, 0.25) is 0 Å². The van der Waals surface area contributed by atoms with Crippen LogP contribution in [0.25, 0.3) is 21.5 Å². The van der Waals surface area contributed by atoms with E-state index in [0.29, 0.717) is 45.3 Å². The minimum atomic E-state index is -0.599. The maximum Gasteiger partial charge on any atom is 0.226 e. The van der Waals surface area contributed by atoms with Gasteiger partial charge in [-0.2, -0.15) is 0 Å². The van der Waals surface area contributed by atoms with Gasteiger partial charge >= 0.3 is 0 Å². The molecule has 0 bridgehead atoms. The Bertz CT molecular complexity index is 1000. The summed E-state index contributed by atoms with van der Waals surface area (Å²) < 4.78 is 16.3. The van der Waals surface area contributed by atoms with Gasteiger partial charge in [0.25, 0.3) is 0 Å². The third-order valence-electron chi connectivity index (χ3n) is 4.26. The zero-order valence-electron chi connectivity index (χ0n) is 14.5. The Morgan fingerprint density at radius 2 is 1.40 bits per heavy atom. The lowest BCUT2D eigenvalue weighted by atomic mass is 9.92. The number of aryl methyl sites for hydroxylation is 1. The summed E-state index contributed by atoms with van der Waals surface area (Å²) in [4.78, 5) is 23.8. The van der Waals surface area contributed by atoms with Gasteiger partial charge in [0.05, 0.1) is 21.3 Å². The van der Waals surface area contributed by atoms with Crippen LogP contribution in [0.1, 0.15) is 15.9 Å². The first kappa shape index (κ1) is 16.8. The smallest absolute Gasteiger partial charge is 0.226 e. The van der Waals surface area contributed by atoms with Crippen molar-refractivity contribution in [3.05, 3.63) is 41.5 Å². The Labute approximate surface area is 145 Å². The topological polar surface area (TPSA) is 61.8 Å². The Morgan fingerprint density at radius 3 is 1.96 bits per heavy atom. The molecule has 0 atom stereocenters. The number of ketones is 1. The lowest BCUT2D eigenvalue weighted by Gasteiger charge is -2.15. The van der Waals surface area contributed by atoms with Gasteiger partial charge in [-0.3, -0.25) is 9.59 Å². The van der Waals surface area contributed by atoms with Crippen LogP contribution < -0.4 is 14.2 Å². The second kappa shape index (κ2) is 6.43. The first-order valence-electron chi connectivity index (χ1n) is 7.70. The van der Waals surface area contributed by atoms with Crippen LogP contribution in [0.3, 0.4) is 0 Å². The van der Waals surface area contributed by atoms with Crippen LogP contribution in [0, 0.1) is 6.92 Å². The fraction of sp³-hybridized carbons (Fsp3) is 0.200. The van der Waals surface area contributed by atoms with Crippen LogP contribution in [0.4, 0.5) is 0 Å². The average molecular weight is 338 g/mol. The van der Waals surface area contributed by atoms with E-state index in [0.717, 1.165) is 10.9 Å². The van der Waals surface area contributed by atoms with Gasteiger partial charge in [0.15, 0.2) is 6.29 Å². The Hall–Kier alpha value is -3.08. The molecule has 0 saturated heterocycles. The van der Waals surface area contributed by atoms with E-state index in [-0.39, 0.29) is 0 Å². The number of aldehydes is 1. The van der Waals surface area contributed by atoms with E-state index in [2.05, 4.69) is 0 Å². The molecule has 3 rings (SSSR count). The summed E-state index contributed by atoms with van der Waals surface area (Å²) in [7, 11) is 4.66. The number of ether oxygens (including phenoxy) is 3. The molecular weight excluding hydrogens is 320 g/mol. The molecule has 0 saturated carbocycles. The van der Waals surface area contributed by atoms with E-state index < -0.39 is 5.78 Å². The first-order chi connectivity index (χ1) is 12.0. The Balaban J connectivity index is 2.62. The summed E-state index contributed by atoms with van der Waals surface area (Å²) in [5.74, 6) is 1.13. The molecule has 3 aromatic rings. The molecule has 0 fully saturated rings. The standard InChI is InChI=1S/C20H18O5/c1-11-5-15-13(18(6-11)24-3)9-14-16(20(15)17(22)10-21)7-12(23-2)8-19(14)25-4/h5-10H,1-4H3. The maximum atomic E-state index is 12.5. The van der Waals surface area contributed by atoms with Crippen molar-refractivity contribution in [1.29, 1.82) is 0 Å². The summed E-state index contributed by atoms with van der Waals surface area (Å²) in [6, 6.07) is 9.15. The van der Waals surface area contributed by atoms with E-state index in [9.17, 15) is 9.59 Å². The fourth-order valence-corrected chi connectivity index (χ4v) is 3.15. The largest absolute Gasteiger partial charge is 0.497 e. The predicted octanol–water partition coefficient (Wildman–Crippen LogP) is 3.71. The molecule has 128 valence electrons. The molecule has 0 spiro atoms. The Morgan fingerprint density at radius 1 is 0.800 bits per heavy atom. The lowest BCUT2D eigenvalue weighted by molar-refractivity contribution is -0.104. The maximum absolute atomic E-state index is 12.5. The normalized spacial score (nSPS) is 10.7. The molecule has 0 aromatic heterocycles. The van der Waals surface area contributed by atoms with Crippen molar-refractivity contribution in [3.8, 4) is 17.2 Å². The van der Waals surface area contributed by atoms with E-state index in [1.165, 1.54) is 7.11 Å². The molecule has 0 amide bonds. The lowest BCUT2D eigenvalue weighted by Crippen LogP contribution is -2.04. The van der Waals surface area contributed by atoms with Gasteiger partial charge in [0.2, 0.25) is 5.78 Å². The zero-order valence-corrected chi connectivity index (χ0v) is 14.5. The van der Waals surface area contributed by atoms with E-state index in [1.807, 2.05) is 25.1 Å². The molecule has 0 aliphatic rings. The molecule has 0 radical (unpaired) electrons. The minimum absolute atomic E-state index is 0.321. The number of methoxy groups -OCH3 is 3. The molecule has 0 N–H and O–H groups in total. The molecule has 0 aliphatic heterocycles. The molecule has 25 heavy (non-hydrogen) atoms. The highest BCUT2D eigenvalue weighted by molar-refractivity contribution is 6.40. The zero-order chi connectivity index (χ0) is 18.1. The second-order valence-electron chi connectivity index (χ2n) is 5.72. The monoisotopic (exact) mass is 338 g/mol. The fourth-order valence-electron chi connectivity index (χ4n) is 3.15. The third kappa shape index (κ3) is 2.67. The van der Waals surface area contributed by atoms with Crippen LogP contribution in [-0.2, 0) is 4.79 Å². The number of carbonyl (C=O) groups is 2. The summed E-state index contributed by atoms with van der Waals surface area (Å²) in [5, 5.41) is 2.72. The number of hydrogen-bond acceptors (Lipinski definition) is 5. The predicted molar refractivity (Wildman–Crippen MR) is 96.2 cm³/mol. The van der Waals surface area contributed by atoms with Gasteiger partial charge in [-0.1, -0.05) is 6.07 Å². The van der Waals surface area contributed by atoms with Crippen LogP contribution in [0.15, 0.2) is 30.3 Å². The van der Waals surface area contributed by atoms with Crippen LogP contribution in [-0.4, -0.2) is 33.4 Å². The van der Waals surface area contributed by atoms with Crippen molar-refractivity contribution in [2.24, 2.45) is 0 Å². The van der Waals surface area contributed by atoms with Crippen molar-refractivity contribution in [2.45, 2.75) is 6.92 Å². The van der Waals surface area contributed by atoms with Gasteiger partial charge in [-0.05, 0) is 36.1 Å². The average Bonchev–Trinajstić information content (AvgIpc) is 2.63. The van der Waals surface area contributed by atoms with Gasteiger partial charge in [0, 0.05) is 27.8 Å².